The summed E-state index contributed by atoms with van der Waals surface area (Å²) in [4.78, 5) is 36.3. The second-order valence-corrected chi connectivity index (χ2v) is 9.60. The molecule has 1 unspecified atom stereocenters. The number of non-ortho nitro benzene ring substituents is 1. The van der Waals surface area contributed by atoms with Crippen LogP contribution in [0, 0.1) is 10.1 Å². The zero-order chi connectivity index (χ0) is 27.5. The van der Waals surface area contributed by atoms with Crippen LogP contribution in [-0.2, 0) is 16.1 Å². The van der Waals surface area contributed by atoms with Crippen LogP contribution in [0.15, 0.2) is 115 Å². The Morgan fingerprint density at radius 3 is 1.87 bits per heavy atom. The fourth-order valence-corrected chi connectivity index (χ4v) is 5.04. The molecule has 1 N–H and O–H groups in total. The molecule has 4 rings (SSSR count). The highest BCUT2D eigenvalue weighted by Gasteiger charge is 2.27. The monoisotopic (exact) mass is 542 g/mol. The predicted molar refractivity (Wildman–Crippen MR) is 149 cm³/mol. The van der Waals surface area contributed by atoms with Gasteiger partial charge >= 0.3 is 12.1 Å². The molecule has 4 aromatic rings. The molecule has 1 amide bonds. The van der Waals surface area contributed by atoms with Crippen molar-refractivity contribution >= 4 is 29.5 Å². The van der Waals surface area contributed by atoms with Gasteiger partial charge in [-0.1, -0.05) is 91.0 Å². The number of nitro groups is 1. The molecule has 9 heteroatoms. The van der Waals surface area contributed by atoms with Gasteiger partial charge in [0.15, 0.2) is 0 Å². The lowest BCUT2D eigenvalue weighted by Gasteiger charge is -2.22. The van der Waals surface area contributed by atoms with Gasteiger partial charge in [0.1, 0.15) is 18.4 Å². The van der Waals surface area contributed by atoms with Gasteiger partial charge in [0.25, 0.3) is 5.69 Å². The summed E-state index contributed by atoms with van der Waals surface area (Å²) in [6.45, 7) is 0.0423. The van der Waals surface area contributed by atoms with Crippen molar-refractivity contribution in [3.8, 4) is 5.75 Å². The molecule has 0 radical (unpaired) electrons. The molecule has 0 aromatic heterocycles. The summed E-state index contributed by atoms with van der Waals surface area (Å²) in [6.07, 6.45) is -0.763. The Morgan fingerprint density at radius 2 is 1.33 bits per heavy atom. The van der Waals surface area contributed by atoms with Crippen molar-refractivity contribution in [3.05, 3.63) is 142 Å². The Kier molecular flexibility index (Phi) is 9.68. The van der Waals surface area contributed by atoms with Gasteiger partial charge in [-0.15, -0.1) is 11.8 Å². The van der Waals surface area contributed by atoms with Crippen LogP contribution in [0.25, 0.3) is 0 Å². The number of carbonyl (C=O) groups excluding carboxylic acids is 2. The third-order valence-corrected chi connectivity index (χ3v) is 7.09. The number of carbonyl (C=O) groups is 2. The predicted octanol–water partition coefficient (Wildman–Crippen LogP) is 6.32. The Hall–Kier alpha value is -4.63. The smallest absolute Gasteiger partial charge is 0.408 e. The number of hydrogen-bond donors (Lipinski definition) is 1. The van der Waals surface area contributed by atoms with Crippen LogP contribution in [0.1, 0.15) is 21.9 Å². The molecule has 0 fully saturated rings. The Balaban J connectivity index is 1.50. The first-order valence-corrected chi connectivity index (χ1v) is 13.2. The summed E-state index contributed by atoms with van der Waals surface area (Å²) >= 11 is 1.48. The largest absolute Gasteiger partial charge is 0.445 e. The van der Waals surface area contributed by atoms with E-state index in [4.69, 9.17) is 9.47 Å². The average molecular weight is 543 g/mol. The van der Waals surface area contributed by atoms with Crippen molar-refractivity contribution < 1.29 is 24.0 Å². The number of nitro benzene ring substituents is 1. The van der Waals surface area contributed by atoms with Crippen LogP contribution in [-0.4, -0.2) is 28.8 Å². The van der Waals surface area contributed by atoms with Crippen molar-refractivity contribution in [2.75, 3.05) is 5.75 Å². The first-order valence-electron chi connectivity index (χ1n) is 12.1. The molecule has 0 aliphatic rings. The van der Waals surface area contributed by atoms with Crippen molar-refractivity contribution in [1.82, 2.24) is 5.32 Å². The normalized spacial score (nSPS) is 11.4. The van der Waals surface area contributed by atoms with E-state index in [2.05, 4.69) is 5.32 Å². The molecule has 1 atom stereocenters. The first-order chi connectivity index (χ1) is 19.0. The van der Waals surface area contributed by atoms with Gasteiger partial charge in [-0.25, -0.2) is 9.59 Å². The molecule has 4 aromatic carbocycles. The average Bonchev–Trinajstić information content (AvgIpc) is 2.97. The van der Waals surface area contributed by atoms with E-state index in [9.17, 15) is 19.7 Å². The fourth-order valence-electron chi connectivity index (χ4n) is 3.73. The van der Waals surface area contributed by atoms with E-state index in [1.165, 1.54) is 36.0 Å². The van der Waals surface area contributed by atoms with Gasteiger partial charge in [0, 0.05) is 17.9 Å². The highest BCUT2D eigenvalue weighted by atomic mass is 32.2. The van der Waals surface area contributed by atoms with Crippen LogP contribution in [0.2, 0.25) is 0 Å². The minimum absolute atomic E-state index is 0.0423. The van der Waals surface area contributed by atoms with Gasteiger partial charge in [-0.3, -0.25) is 10.1 Å². The zero-order valence-corrected chi connectivity index (χ0v) is 21.7. The highest BCUT2D eigenvalue weighted by Crippen LogP contribution is 2.36. The SMILES string of the molecule is O=C(NC(CSC(c1ccccc1)c1ccccc1)C(=O)Oc1ccc([N+](=O)[O-])cc1)OCc1ccccc1. The summed E-state index contributed by atoms with van der Waals surface area (Å²) in [5.74, 6) is -0.406. The molecule has 0 saturated heterocycles. The molecule has 8 nitrogen and oxygen atoms in total. The summed E-state index contributed by atoms with van der Waals surface area (Å²) in [6, 6.07) is 33.0. The molecule has 0 aliphatic carbocycles. The third kappa shape index (κ3) is 8.18. The van der Waals surface area contributed by atoms with E-state index in [1.807, 2.05) is 91.0 Å². The molecular weight excluding hydrogens is 516 g/mol. The van der Waals surface area contributed by atoms with Crippen molar-refractivity contribution in [2.24, 2.45) is 0 Å². The maximum absolute atomic E-state index is 13.2. The van der Waals surface area contributed by atoms with E-state index in [-0.39, 0.29) is 29.0 Å². The lowest BCUT2D eigenvalue weighted by molar-refractivity contribution is -0.384. The van der Waals surface area contributed by atoms with Crippen LogP contribution in [0.3, 0.4) is 0 Å². The third-order valence-electron chi connectivity index (χ3n) is 5.69. The molecule has 0 bridgehead atoms. The Morgan fingerprint density at radius 1 is 0.795 bits per heavy atom. The molecule has 0 saturated carbocycles. The van der Waals surface area contributed by atoms with E-state index < -0.39 is 23.0 Å². The number of alkyl carbamates (subject to hydrolysis) is 1. The quantitative estimate of drug-likeness (QED) is 0.102. The van der Waals surface area contributed by atoms with Gasteiger partial charge in [-0.2, -0.15) is 0 Å². The maximum atomic E-state index is 13.2. The minimum Gasteiger partial charge on any atom is -0.445 e. The summed E-state index contributed by atoms with van der Waals surface area (Å²) < 4.78 is 10.8. The standard InChI is InChI=1S/C30H26N2O6S/c33-29(38-26-18-16-25(17-19-26)32(35)36)27(31-30(34)37-20-22-10-4-1-5-11-22)21-39-28(23-12-6-2-7-13-23)24-14-8-3-9-15-24/h1-19,27-28H,20-21H2,(H,31,34). The number of hydrogen-bond acceptors (Lipinski definition) is 7. The van der Waals surface area contributed by atoms with Crippen molar-refractivity contribution in [2.45, 2.75) is 17.9 Å². The molecule has 198 valence electrons. The highest BCUT2D eigenvalue weighted by molar-refractivity contribution is 7.99. The number of rotatable bonds is 11. The van der Waals surface area contributed by atoms with E-state index in [0.29, 0.717) is 0 Å². The van der Waals surface area contributed by atoms with Crippen LogP contribution >= 0.6 is 11.8 Å². The van der Waals surface area contributed by atoms with Gasteiger partial charge in [0.2, 0.25) is 0 Å². The molecule has 0 aliphatic heterocycles. The van der Waals surface area contributed by atoms with Gasteiger partial charge in [-0.05, 0) is 28.8 Å². The molecule has 39 heavy (non-hydrogen) atoms. The summed E-state index contributed by atoms with van der Waals surface area (Å²) in [5.41, 5.74) is 2.77. The number of nitrogens with zero attached hydrogens (tertiary/aromatic N) is 1. The number of nitrogens with one attached hydrogen (secondary N) is 1. The number of amides is 1. The number of esters is 1. The van der Waals surface area contributed by atoms with Crippen molar-refractivity contribution in [3.63, 3.8) is 0 Å². The zero-order valence-electron chi connectivity index (χ0n) is 20.8. The second kappa shape index (κ2) is 13.8. The van der Waals surface area contributed by atoms with Crippen molar-refractivity contribution in [1.29, 1.82) is 0 Å². The Labute approximate surface area is 230 Å². The van der Waals surface area contributed by atoms with Gasteiger partial charge in [0.05, 0.1) is 10.2 Å². The van der Waals surface area contributed by atoms with Gasteiger partial charge < -0.3 is 14.8 Å². The first kappa shape index (κ1) is 27.4. The molecular formula is C30H26N2O6S. The van der Waals surface area contributed by atoms with E-state index in [1.54, 1.807) is 0 Å². The van der Waals surface area contributed by atoms with E-state index in [0.717, 1.165) is 16.7 Å². The lowest BCUT2D eigenvalue weighted by Crippen LogP contribution is -2.45. The summed E-state index contributed by atoms with van der Waals surface area (Å²) in [5, 5.41) is 13.5. The fraction of sp³-hybridized carbons (Fsp3) is 0.133. The van der Waals surface area contributed by atoms with Crippen LogP contribution in [0.5, 0.6) is 5.75 Å². The number of benzene rings is 4. The summed E-state index contributed by atoms with van der Waals surface area (Å²) in [7, 11) is 0. The molecule has 0 heterocycles. The number of ether oxygens (including phenoxy) is 2. The number of thioether (sulfide) groups is 1. The Bertz CT molecular complexity index is 1330. The lowest BCUT2D eigenvalue weighted by atomic mass is 10.0. The second-order valence-electron chi connectivity index (χ2n) is 8.47. The minimum atomic E-state index is -1.05. The van der Waals surface area contributed by atoms with E-state index >= 15 is 0 Å². The maximum Gasteiger partial charge on any atom is 0.408 e. The topological polar surface area (TPSA) is 108 Å². The van der Waals surface area contributed by atoms with Crippen LogP contribution < -0.4 is 10.1 Å². The molecule has 0 spiro atoms. The van der Waals surface area contributed by atoms with Crippen LogP contribution in [0.4, 0.5) is 10.5 Å².